The lowest BCUT2D eigenvalue weighted by Crippen LogP contribution is -2.44. The Morgan fingerprint density at radius 1 is 1.41 bits per heavy atom. The summed E-state index contributed by atoms with van der Waals surface area (Å²) in [7, 11) is 1.34. The molecule has 1 heterocycles. The molecule has 0 aromatic carbocycles. The van der Waals surface area contributed by atoms with E-state index >= 15 is 0 Å². The van der Waals surface area contributed by atoms with Crippen molar-refractivity contribution < 1.29 is 23.9 Å². The van der Waals surface area contributed by atoms with Crippen molar-refractivity contribution in [3.63, 3.8) is 0 Å². The molecule has 0 saturated carbocycles. The van der Waals surface area contributed by atoms with E-state index < -0.39 is 12.0 Å². The van der Waals surface area contributed by atoms with Crippen molar-refractivity contribution in [1.82, 2.24) is 10.2 Å². The molecule has 0 aromatic heterocycles. The maximum atomic E-state index is 12.5. The van der Waals surface area contributed by atoms with E-state index in [1.54, 1.807) is 11.8 Å². The number of nitrogens with zero attached hydrogens (tertiary/aromatic N) is 1. The number of nitrogens with one attached hydrogen (secondary N) is 1. The van der Waals surface area contributed by atoms with Crippen LogP contribution >= 0.6 is 0 Å². The molecule has 0 aromatic rings. The highest BCUT2D eigenvalue weighted by Gasteiger charge is 2.30. The zero-order valence-corrected chi connectivity index (χ0v) is 13.6. The fraction of sp³-hybridized carbons (Fsp3) is 0.800. The molecule has 2 amide bonds. The number of methoxy groups -OCH3 is 1. The first-order valence-corrected chi connectivity index (χ1v) is 7.68. The highest BCUT2D eigenvalue weighted by molar-refractivity contribution is 5.82. The smallest absolute Gasteiger partial charge is 0.310 e. The fourth-order valence-corrected chi connectivity index (χ4v) is 2.41. The van der Waals surface area contributed by atoms with Crippen LogP contribution in [0.2, 0.25) is 0 Å². The first kappa shape index (κ1) is 18.4. The Balaban J connectivity index is 2.56. The van der Waals surface area contributed by atoms with Crippen molar-refractivity contribution in [2.75, 3.05) is 33.4 Å². The van der Waals surface area contributed by atoms with E-state index in [1.165, 1.54) is 14.0 Å². The lowest BCUT2D eigenvalue weighted by atomic mass is 10.1. The molecule has 2 atom stereocenters. The van der Waals surface area contributed by atoms with Gasteiger partial charge in [-0.05, 0) is 19.3 Å². The number of amides is 2. The van der Waals surface area contributed by atoms with E-state index in [9.17, 15) is 14.4 Å². The molecule has 1 N–H and O–H groups in total. The molecule has 0 spiro atoms. The van der Waals surface area contributed by atoms with Gasteiger partial charge in [-0.3, -0.25) is 14.4 Å². The molecule has 7 nitrogen and oxygen atoms in total. The predicted octanol–water partition coefficient (Wildman–Crippen LogP) is 0.329. The highest BCUT2D eigenvalue weighted by Crippen LogP contribution is 2.16. The average Bonchev–Trinajstić information content (AvgIpc) is 3.02. The number of carbonyl (C=O) groups excluding carboxylic acids is 3. The number of hydrogen-bond acceptors (Lipinski definition) is 5. The van der Waals surface area contributed by atoms with Crippen LogP contribution in [0.5, 0.6) is 0 Å². The monoisotopic (exact) mass is 314 g/mol. The lowest BCUT2D eigenvalue weighted by Gasteiger charge is -2.27. The van der Waals surface area contributed by atoms with Crippen LogP contribution in [0, 0.1) is 5.92 Å². The second kappa shape index (κ2) is 9.40. The van der Waals surface area contributed by atoms with Crippen LogP contribution < -0.4 is 5.32 Å². The number of rotatable bonds is 8. The van der Waals surface area contributed by atoms with Crippen LogP contribution in [0.3, 0.4) is 0 Å². The third kappa shape index (κ3) is 6.01. The Morgan fingerprint density at radius 3 is 2.68 bits per heavy atom. The van der Waals surface area contributed by atoms with Gasteiger partial charge in [-0.15, -0.1) is 0 Å². The van der Waals surface area contributed by atoms with Crippen molar-refractivity contribution in [3.05, 3.63) is 0 Å². The van der Waals surface area contributed by atoms with Crippen LogP contribution in [0.15, 0.2) is 0 Å². The molecule has 126 valence electrons. The Hall–Kier alpha value is -1.63. The van der Waals surface area contributed by atoms with E-state index in [-0.39, 0.29) is 17.8 Å². The van der Waals surface area contributed by atoms with Crippen LogP contribution in [-0.4, -0.2) is 62.1 Å². The first-order valence-electron chi connectivity index (χ1n) is 7.68. The zero-order chi connectivity index (χ0) is 16.5. The summed E-state index contributed by atoms with van der Waals surface area (Å²) in [4.78, 5) is 36.5. The van der Waals surface area contributed by atoms with Crippen molar-refractivity contribution in [2.45, 2.75) is 39.2 Å². The van der Waals surface area contributed by atoms with E-state index in [4.69, 9.17) is 9.47 Å². The van der Waals surface area contributed by atoms with Crippen LogP contribution in [-0.2, 0) is 23.9 Å². The minimum atomic E-state index is -0.411. The molecular weight excluding hydrogens is 288 g/mol. The van der Waals surface area contributed by atoms with Gasteiger partial charge in [0.1, 0.15) is 6.10 Å². The molecule has 22 heavy (non-hydrogen) atoms. The number of hydrogen-bond donors (Lipinski definition) is 1. The topological polar surface area (TPSA) is 84.9 Å². The highest BCUT2D eigenvalue weighted by atomic mass is 16.5. The Morgan fingerprint density at radius 2 is 2.14 bits per heavy atom. The van der Waals surface area contributed by atoms with Crippen molar-refractivity contribution in [1.29, 1.82) is 0 Å². The molecule has 1 rings (SSSR count). The maximum Gasteiger partial charge on any atom is 0.310 e. The number of carbonyl (C=O) groups is 3. The number of ether oxygens (including phenoxy) is 2. The summed E-state index contributed by atoms with van der Waals surface area (Å²) < 4.78 is 10.1. The van der Waals surface area contributed by atoms with E-state index in [0.717, 1.165) is 6.42 Å². The van der Waals surface area contributed by atoms with Crippen molar-refractivity contribution >= 4 is 17.8 Å². The average molecular weight is 314 g/mol. The van der Waals surface area contributed by atoms with Gasteiger partial charge in [-0.2, -0.15) is 0 Å². The third-order valence-electron chi connectivity index (χ3n) is 3.59. The van der Waals surface area contributed by atoms with Gasteiger partial charge in [0.2, 0.25) is 5.91 Å². The van der Waals surface area contributed by atoms with Gasteiger partial charge >= 0.3 is 5.97 Å². The second-order valence-corrected chi connectivity index (χ2v) is 5.55. The molecule has 0 bridgehead atoms. The Kier molecular flexibility index (Phi) is 7.87. The predicted molar refractivity (Wildman–Crippen MR) is 80.0 cm³/mol. The van der Waals surface area contributed by atoms with Gasteiger partial charge in [-0.1, -0.05) is 6.92 Å². The van der Waals surface area contributed by atoms with Gasteiger partial charge in [0.15, 0.2) is 0 Å². The second-order valence-electron chi connectivity index (χ2n) is 5.55. The van der Waals surface area contributed by atoms with Gasteiger partial charge in [-0.25, -0.2) is 0 Å². The Bertz CT molecular complexity index is 393. The fourth-order valence-electron chi connectivity index (χ4n) is 2.41. The molecule has 1 aliphatic heterocycles. The van der Waals surface area contributed by atoms with Gasteiger partial charge < -0.3 is 19.7 Å². The lowest BCUT2D eigenvalue weighted by molar-refractivity contribution is -0.148. The minimum absolute atomic E-state index is 0.0870. The van der Waals surface area contributed by atoms with Gasteiger partial charge in [0.05, 0.1) is 13.0 Å². The van der Waals surface area contributed by atoms with Gasteiger partial charge in [0, 0.05) is 33.2 Å². The van der Waals surface area contributed by atoms with Crippen LogP contribution in [0.25, 0.3) is 0 Å². The standard InChI is InChI=1S/C15H26N2O5/c1-11(15(20)21-3)10-17(8-5-7-16-12(2)18)14(19)13-6-4-9-22-13/h11,13H,4-10H2,1-3H3,(H,16,18). The normalized spacial score (nSPS) is 18.6. The molecule has 1 fully saturated rings. The minimum Gasteiger partial charge on any atom is -0.469 e. The molecule has 7 heteroatoms. The first-order chi connectivity index (χ1) is 10.5. The summed E-state index contributed by atoms with van der Waals surface area (Å²) >= 11 is 0. The number of esters is 1. The Labute approximate surface area is 131 Å². The molecule has 1 aliphatic rings. The summed E-state index contributed by atoms with van der Waals surface area (Å²) in [6, 6.07) is 0. The summed E-state index contributed by atoms with van der Waals surface area (Å²) in [6.07, 6.45) is 1.81. The summed E-state index contributed by atoms with van der Waals surface area (Å²) in [5, 5.41) is 2.70. The molecular formula is C15H26N2O5. The van der Waals surface area contributed by atoms with Gasteiger partial charge in [0.25, 0.3) is 5.91 Å². The molecule has 2 unspecified atom stereocenters. The summed E-state index contributed by atoms with van der Waals surface area (Å²) in [5.41, 5.74) is 0. The van der Waals surface area contributed by atoms with E-state index in [1.807, 2.05) is 0 Å². The van der Waals surface area contributed by atoms with Crippen LogP contribution in [0.4, 0.5) is 0 Å². The van der Waals surface area contributed by atoms with E-state index in [0.29, 0.717) is 39.1 Å². The zero-order valence-electron chi connectivity index (χ0n) is 13.6. The SMILES string of the molecule is COC(=O)C(C)CN(CCCNC(C)=O)C(=O)C1CCCO1. The molecule has 0 radical (unpaired) electrons. The summed E-state index contributed by atoms with van der Waals surface area (Å²) in [5.74, 6) is -0.917. The quantitative estimate of drug-likeness (QED) is 0.515. The van der Waals surface area contributed by atoms with E-state index in [2.05, 4.69) is 5.32 Å². The molecule has 0 aliphatic carbocycles. The maximum absolute atomic E-state index is 12.5. The summed E-state index contributed by atoms with van der Waals surface area (Å²) in [6.45, 7) is 5.05. The third-order valence-corrected chi connectivity index (χ3v) is 3.59. The molecule has 1 saturated heterocycles. The van der Waals surface area contributed by atoms with Crippen LogP contribution in [0.1, 0.15) is 33.1 Å². The van der Waals surface area contributed by atoms with Crippen molar-refractivity contribution in [2.24, 2.45) is 5.92 Å². The largest absolute Gasteiger partial charge is 0.469 e. The van der Waals surface area contributed by atoms with Crippen molar-refractivity contribution in [3.8, 4) is 0 Å².